The zero-order chi connectivity index (χ0) is 36.4. The maximum atomic E-state index is 13.0. The Morgan fingerprint density at radius 2 is 1.70 bits per heavy atom. The zero-order valence-electron chi connectivity index (χ0n) is 30.9. The first-order valence-electron chi connectivity index (χ1n) is 19.8. The summed E-state index contributed by atoms with van der Waals surface area (Å²) < 4.78 is 17.9. The lowest BCUT2D eigenvalue weighted by Crippen LogP contribution is -2.55. The molecule has 1 aromatic heterocycles. The molecule has 0 N–H and O–H groups in total. The molecule has 0 bridgehead atoms. The van der Waals surface area contributed by atoms with Crippen LogP contribution in [0.25, 0.3) is 10.8 Å². The third kappa shape index (κ3) is 7.28. The number of anilines is 1. The van der Waals surface area contributed by atoms with Crippen LogP contribution in [-0.4, -0.2) is 101 Å². The number of nitriles is 1. The second-order valence-corrected chi connectivity index (χ2v) is 15.5. The summed E-state index contributed by atoms with van der Waals surface area (Å²) in [5, 5.41) is 12.6. The third-order valence-corrected chi connectivity index (χ3v) is 12.3. The zero-order valence-corrected chi connectivity index (χ0v) is 30.9. The molecule has 1 aliphatic carbocycles. The molecule has 0 radical (unpaired) electrons. The molecular weight excluding hydrogens is 679 g/mol. The van der Waals surface area contributed by atoms with Crippen molar-refractivity contribution >= 4 is 22.6 Å². The van der Waals surface area contributed by atoms with Crippen LogP contribution in [0.2, 0.25) is 0 Å². The number of benzene rings is 3. The van der Waals surface area contributed by atoms with E-state index in [2.05, 4.69) is 62.1 Å². The monoisotopic (exact) mass is 727 g/mol. The number of esters is 1. The summed E-state index contributed by atoms with van der Waals surface area (Å²) in [7, 11) is 0. The molecular formula is C43H49N7O4. The molecule has 9 rings (SSSR count). The SMILES string of the molecule is N#CC[C@H]1CN(c2nc(OC3CCN(C4CCOCC4)CC3)nc3c2CN(C2Cc4cccc5cccc2c45)C3)CCN1CC(=O)OCc1ccccc1. The van der Waals surface area contributed by atoms with Gasteiger partial charge in [-0.05, 0) is 59.6 Å². The highest BCUT2D eigenvalue weighted by Crippen LogP contribution is 2.44. The summed E-state index contributed by atoms with van der Waals surface area (Å²) in [5.41, 5.74) is 5.93. The summed E-state index contributed by atoms with van der Waals surface area (Å²) in [4.78, 5) is 32.9. The summed E-state index contributed by atoms with van der Waals surface area (Å²) in [6, 6.07) is 26.6. The van der Waals surface area contributed by atoms with E-state index in [1.807, 2.05) is 30.3 Å². The van der Waals surface area contributed by atoms with Crippen molar-refractivity contribution in [2.45, 2.75) is 82.5 Å². The van der Waals surface area contributed by atoms with Crippen molar-refractivity contribution in [2.75, 3.05) is 57.4 Å². The number of nitrogens with zero attached hydrogens (tertiary/aromatic N) is 7. The van der Waals surface area contributed by atoms with E-state index in [4.69, 9.17) is 24.2 Å². The number of likely N-dealkylation sites (tertiary alicyclic amines) is 1. The lowest BCUT2D eigenvalue weighted by molar-refractivity contribution is -0.147. The maximum Gasteiger partial charge on any atom is 0.320 e. The average molecular weight is 728 g/mol. The van der Waals surface area contributed by atoms with Gasteiger partial charge in [0.05, 0.1) is 24.7 Å². The van der Waals surface area contributed by atoms with Crippen LogP contribution in [0.1, 0.15) is 66.1 Å². The Kier molecular flexibility index (Phi) is 10.2. The molecule has 3 aromatic carbocycles. The van der Waals surface area contributed by atoms with Gasteiger partial charge in [-0.1, -0.05) is 66.7 Å². The van der Waals surface area contributed by atoms with Crippen LogP contribution in [0.5, 0.6) is 6.01 Å². The fourth-order valence-corrected chi connectivity index (χ4v) is 9.42. The van der Waals surface area contributed by atoms with Crippen LogP contribution in [0, 0.1) is 11.3 Å². The number of fused-ring (bicyclic) bond motifs is 1. The standard InChI is InChI=1S/C43H49N7O4/c44-17-12-34-25-49(21-20-48(34)28-40(51)53-29-30-6-2-1-3-7-30)42-37-26-50(39-24-32-10-4-8-31-9-5-11-36(39)41(31)32)27-38(37)45-43(46-42)54-35-13-18-47(19-14-35)33-15-22-52-23-16-33/h1-11,33-35,39H,12-16,18-29H2/t34-,39?/m0/s1. The van der Waals surface area contributed by atoms with E-state index < -0.39 is 0 Å². The van der Waals surface area contributed by atoms with E-state index in [0.717, 1.165) is 94.1 Å². The fourth-order valence-electron chi connectivity index (χ4n) is 9.42. The molecule has 2 atom stereocenters. The number of ether oxygens (including phenoxy) is 3. The number of aromatic nitrogens is 2. The van der Waals surface area contributed by atoms with Gasteiger partial charge in [-0.2, -0.15) is 15.2 Å². The molecule has 3 fully saturated rings. The highest BCUT2D eigenvalue weighted by Gasteiger charge is 2.38. The lowest BCUT2D eigenvalue weighted by Gasteiger charge is -2.41. The smallest absolute Gasteiger partial charge is 0.320 e. The van der Waals surface area contributed by atoms with Crippen LogP contribution in [0.3, 0.4) is 0 Å². The van der Waals surface area contributed by atoms with E-state index in [1.165, 1.54) is 21.9 Å². The van der Waals surface area contributed by atoms with Gasteiger partial charge in [0.2, 0.25) is 0 Å². The van der Waals surface area contributed by atoms with Gasteiger partial charge >= 0.3 is 12.0 Å². The van der Waals surface area contributed by atoms with Gasteiger partial charge in [0, 0.05) is 82.7 Å². The van der Waals surface area contributed by atoms with Crippen LogP contribution < -0.4 is 9.64 Å². The molecule has 11 nitrogen and oxygen atoms in total. The maximum absolute atomic E-state index is 13.0. The molecule has 5 aliphatic rings. The number of carbonyl (C=O) groups is 1. The number of rotatable bonds is 10. The molecule has 0 amide bonds. The highest BCUT2D eigenvalue weighted by atomic mass is 16.5. The molecule has 4 aliphatic heterocycles. The van der Waals surface area contributed by atoms with Crippen molar-refractivity contribution in [3.05, 3.63) is 94.7 Å². The molecule has 54 heavy (non-hydrogen) atoms. The molecule has 0 spiro atoms. The normalized spacial score (nSPS) is 22.7. The Balaban J connectivity index is 0.940. The van der Waals surface area contributed by atoms with Gasteiger partial charge < -0.3 is 19.1 Å². The van der Waals surface area contributed by atoms with Crippen molar-refractivity contribution in [3.63, 3.8) is 0 Å². The number of hydrogen-bond donors (Lipinski definition) is 0. The quantitative estimate of drug-likeness (QED) is 0.196. The van der Waals surface area contributed by atoms with Crippen molar-refractivity contribution in [1.82, 2.24) is 24.7 Å². The molecule has 4 aromatic rings. The highest BCUT2D eigenvalue weighted by molar-refractivity contribution is 5.91. The molecule has 1 unspecified atom stereocenters. The second kappa shape index (κ2) is 15.6. The topological polar surface area (TPSA) is 107 Å². The largest absolute Gasteiger partial charge is 0.460 e. The predicted octanol–water partition coefficient (Wildman–Crippen LogP) is 5.41. The Hall–Kier alpha value is -4.60. The van der Waals surface area contributed by atoms with Gasteiger partial charge in [-0.25, -0.2) is 0 Å². The van der Waals surface area contributed by atoms with Gasteiger partial charge in [0.25, 0.3) is 0 Å². The number of piperazine rings is 1. The summed E-state index contributed by atoms with van der Waals surface area (Å²) in [6.45, 7) is 7.49. The third-order valence-electron chi connectivity index (χ3n) is 12.3. The summed E-state index contributed by atoms with van der Waals surface area (Å²) in [6.07, 6.45) is 5.47. The first-order chi connectivity index (χ1) is 26.6. The molecule has 5 heterocycles. The van der Waals surface area contributed by atoms with Gasteiger partial charge in [0.1, 0.15) is 18.5 Å². The number of piperidine rings is 1. The Labute approximate surface area is 317 Å². The van der Waals surface area contributed by atoms with Crippen LogP contribution in [0.4, 0.5) is 5.82 Å². The van der Waals surface area contributed by atoms with E-state index in [9.17, 15) is 10.1 Å². The first-order valence-corrected chi connectivity index (χ1v) is 19.8. The van der Waals surface area contributed by atoms with Crippen LogP contribution >= 0.6 is 0 Å². The van der Waals surface area contributed by atoms with Crippen LogP contribution in [0.15, 0.2) is 66.7 Å². The Morgan fingerprint density at radius 3 is 2.52 bits per heavy atom. The Bertz CT molecular complexity index is 2000. The minimum absolute atomic E-state index is 0.0662. The summed E-state index contributed by atoms with van der Waals surface area (Å²) in [5.74, 6) is 0.625. The predicted molar refractivity (Wildman–Crippen MR) is 205 cm³/mol. The minimum atomic E-state index is -0.278. The van der Waals surface area contributed by atoms with Gasteiger partial charge in [-0.3, -0.25) is 19.5 Å². The van der Waals surface area contributed by atoms with Crippen LogP contribution in [-0.2, 0) is 40.4 Å². The first kappa shape index (κ1) is 35.1. The van der Waals surface area contributed by atoms with Crippen molar-refractivity contribution in [3.8, 4) is 12.1 Å². The van der Waals surface area contributed by atoms with E-state index in [0.29, 0.717) is 38.1 Å². The van der Waals surface area contributed by atoms with Gasteiger partial charge in [0.15, 0.2) is 0 Å². The average Bonchev–Trinajstić information content (AvgIpc) is 3.81. The van der Waals surface area contributed by atoms with E-state index in [-0.39, 0.29) is 37.3 Å². The van der Waals surface area contributed by atoms with Gasteiger partial charge in [-0.15, -0.1) is 0 Å². The molecule has 280 valence electrons. The minimum Gasteiger partial charge on any atom is -0.460 e. The molecule has 3 saturated heterocycles. The molecule has 0 saturated carbocycles. The summed E-state index contributed by atoms with van der Waals surface area (Å²) >= 11 is 0. The van der Waals surface area contributed by atoms with E-state index in [1.54, 1.807) is 0 Å². The number of hydrogen-bond acceptors (Lipinski definition) is 11. The van der Waals surface area contributed by atoms with E-state index >= 15 is 0 Å². The van der Waals surface area contributed by atoms with Crippen molar-refractivity contribution < 1.29 is 19.0 Å². The Morgan fingerprint density at radius 1 is 0.889 bits per heavy atom. The lowest BCUT2D eigenvalue weighted by atomic mass is 10.0. The van der Waals surface area contributed by atoms with Crippen molar-refractivity contribution in [1.29, 1.82) is 5.26 Å². The second-order valence-electron chi connectivity index (χ2n) is 15.5. The molecule has 11 heteroatoms. The van der Waals surface area contributed by atoms with Crippen molar-refractivity contribution in [2.24, 2.45) is 0 Å². The number of carbonyl (C=O) groups excluding carboxylic acids is 1. The fraction of sp³-hybridized carbons (Fsp3) is 0.488.